The highest BCUT2D eigenvalue weighted by atomic mass is 35.5. The Morgan fingerprint density at radius 3 is 2.91 bits per heavy atom. The van der Waals surface area contributed by atoms with Gasteiger partial charge in [-0.05, 0) is 25.0 Å². The normalized spacial score (nSPS) is 14.9. The molecule has 7 heteroatoms. The van der Waals surface area contributed by atoms with E-state index in [0.717, 1.165) is 24.0 Å². The minimum Gasteiger partial charge on any atom is -0.488 e. The molecule has 1 saturated carbocycles. The quantitative estimate of drug-likeness (QED) is 0.851. The van der Waals surface area contributed by atoms with Crippen LogP contribution in [-0.4, -0.2) is 35.3 Å². The van der Waals surface area contributed by atoms with E-state index in [-0.39, 0.29) is 6.61 Å². The lowest BCUT2D eigenvalue weighted by molar-refractivity contribution is 0.0496. The maximum absolute atomic E-state index is 11.3. The molecule has 0 aromatic carbocycles. The van der Waals surface area contributed by atoms with E-state index < -0.39 is 11.7 Å². The average Bonchev–Trinajstić information content (AvgIpc) is 3.34. The summed E-state index contributed by atoms with van der Waals surface area (Å²) < 4.78 is 11.1. The van der Waals surface area contributed by atoms with E-state index in [2.05, 4.69) is 15.3 Å². The number of pyridine rings is 2. The SMILES string of the molecule is CNC(=O)OC1(COc2cnc(Cl)c(-c3cccnc3)c2)CC1. The minimum atomic E-state index is -0.534. The van der Waals surface area contributed by atoms with Gasteiger partial charge < -0.3 is 14.8 Å². The van der Waals surface area contributed by atoms with Gasteiger partial charge in [-0.15, -0.1) is 0 Å². The van der Waals surface area contributed by atoms with Gasteiger partial charge in [0.2, 0.25) is 0 Å². The molecule has 2 heterocycles. The molecule has 6 nitrogen and oxygen atoms in total. The molecule has 0 bridgehead atoms. The maximum Gasteiger partial charge on any atom is 0.407 e. The summed E-state index contributed by atoms with van der Waals surface area (Å²) in [6.45, 7) is 0.288. The second-order valence-electron chi connectivity index (χ2n) is 5.36. The third kappa shape index (κ3) is 3.71. The first kappa shape index (κ1) is 15.6. The van der Waals surface area contributed by atoms with Crippen molar-refractivity contribution in [3.8, 4) is 16.9 Å². The summed E-state index contributed by atoms with van der Waals surface area (Å²) in [5, 5.41) is 2.83. The smallest absolute Gasteiger partial charge is 0.407 e. The van der Waals surface area contributed by atoms with E-state index in [1.54, 1.807) is 18.6 Å². The summed E-state index contributed by atoms with van der Waals surface area (Å²) in [6, 6.07) is 5.54. The number of carbonyl (C=O) groups excluding carboxylic acids is 1. The van der Waals surface area contributed by atoms with Crippen molar-refractivity contribution in [1.82, 2.24) is 15.3 Å². The van der Waals surface area contributed by atoms with E-state index in [9.17, 15) is 4.79 Å². The van der Waals surface area contributed by atoms with Crippen LogP contribution >= 0.6 is 11.6 Å². The number of ether oxygens (including phenoxy) is 2. The van der Waals surface area contributed by atoms with Gasteiger partial charge in [-0.1, -0.05) is 17.7 Å². The molecule has 1 aliphatic rings. The van der Waals surface area contributed by atoms with Gasteiger partial charge in [-0.2, -0.15) is 0 Å². The Hall–Kier alpha value is -2.34. The summed E-state index contributed by atoms with van der Waals surface area (Å²) in [5.41, 5.74) is 1.07. The summed E-state index contributed by atoms with van der Waals surface area (Å²) >= 11 is 6.15. The third-order valence-electron chi connectivity index (χ3n) is 3.61. The molecule has 0 radical (unpaired) electrons. The van der Waals surface area contributed by atoms with Crippen LogP contribution in [0.4, 0.5) is 4.79 Å². The molecule has 1 amide bonds. The number of nitrogens with one attached hydrogen (secondary N) is 1. The first-order valence-corrected chi connectivity index (χ1v) is 7.59. The number of alkyl carbamates (subject to hydrolysis) is 1. The number of nitrogens with zero attached hydrogens (tertiary/aromatic N) is 2. The van der Waals surface area contributed by atoms with Crippen molar-refractivity contribution in [3.05, 3.63) is 41.9 Å². The van der Waals surface area contributed by atoms with Crippen LogP contribution in [-0.2, 0) is 4.74 Å². The molecule has 3 rings (SSSR count). The molecular formula is C16H16ClN3O3. The first-order valence-electron chi connectivity index (χ1n) is 7.21. The van der Waals surface area contributed by atoms with Crippen LogP contribution in [0.3, 0.4) is 0 Å². The molecule has 1 aliphatic carbocycles. The zero-order chi connectivity index (χ0) is 16.3. The first-order chi connectivity index (χ1) is 11.1. The Morgan fingerprint density at radius 1 is 1.43 bits per heavy atom. The minimum absolute atomic E-state index is 0.288. The molecule has 23 heavy (non-hydrogen) atoms. The second kappa shape index (κ2) is 6.42. The molecule has 0 unspecified atom stereocenters. The topological polar surface area (TPSA) is 73.3 Å². The molecular weight excluding hydrogens is 318 g/mol. The fourth-order valence-corrected chi connectivity index (χ4v) is 2.32. The van der Waals surface area contributed by atoms with Crippen molar-refractivity contribution in [1.29, 1.82) is 0 Å². The third-order valence-corrected chi connectivity index (χ3v) is 3.91. The fourth-order valence-electron chi connectivity index (χ4n) is 2.11. The Balaban J connectivity index is 1.71. The van der Waals surface area contributed by atoms with E-state index in [1.165, 1.54) is 7.05 Å². The largest absolute Gasteiger partial charge is 0.488 e. The monoisotopic (exact) mass is 333 g/mol. The molecule has 2 aromatic heterocycles. The lowest BCUT2D eigenvalue weighted by atomic mass is 10.1. The second-order valence-corrected chi connectivity index (χ2v) is 5.72. The average molecular weight is 334 g/mol. The van der Waals surface area contributed by atoms with Crippen LogP contribution in [0.25, 0.3) is 11.1 Å². The van der Waals surface area contributed by atoms with Crippen LogP contribution in [0, 0.1) is 0 Å². The van der Waals surface area contributed by atoms with Gasteiger partial charge in [-0.25, -0.2) is 9.78 Å². The van der Waals surface area contributed by atoms with Gasteiger partial charge in [-0.3, -0.25) is 4.98 Å². The number of halogens is 1. The van der Waals surface area contributed by atoms with Crippen LogP contribution in [0.2, 0.25) is 5.15 Å². The molecule has 0 atom stereocenters. The van der Waals surface area contributed by atoms with Crippen LogP contribution < -0.4 is 10.1 Å². The van der Waals surface area contributed by atoms with E-state index in [0.29, 0.717) is 10.9 Å². The molecule has 0 aliphatic heterocycles. The highest BCUT2D eigenvalue weighted by molar-refractivity contribution is 6.32. The Morgan fingerprint density at radius 2 is 2.26 bits per heavy atom. The Kier molecular flexibility index (Phi) is 4.34. The zero-order valence-corrected chi connectivity index (χ0v) is 13.3. The molecule has 2 aromatic rings. The van der Waals surface area contributed by atoms with Crippen molar-refractivity contribution in [2.45, 2.75) is 18.4 Å². The summed E-state index contributed by atoms with van der Waals surface area (Å²) in [7, 11) is 1.53. The van der Waals surface area contributed by atoms with Gasteiger partial charge in [0.05, 0.1) is 6.20 Å². The van der Waals surface area contributed by atoms with Crippen LogP contribution in [0.5, 0.6) is 5.75 Å². The number of amides is 1. The summed E-state index contributed by atoms with van der Waals surface area (Å²) in [5.74, 6) is 0.569. The Labute approximate surface area is 138 Å². The fraction of sp³-hybridized carbons (Fsp3) is 0.312. The van der Waals surface area contributed by atoms with Gasteiger partial charge in [0, 0.05) is 30.6 Å². The summed E-state index contributed by atoms with van der Waals surface area (Å²) in [6.07, 6.45) is 6.09. The van der Waals surface area contributed by atoms with Crippen molar-refractivity contribution < 1.29 is 14.3 Å². The molecule has 1 N–H and O–H groups in total. The van der Waals surface area contributed by atoms with E-state index in [1.807, 2.05) is 18.2 Å². The molecule has 0 spiro atoms. The lowest BCUT2D eigenvalue weighted by Crippen LogP contribution is -2.31. The van der Waals surface area contributed by atoms with Crippen molar-refractivity contribution >= 4 is 17.7 Å². The predicted molar refractivity (Wildman–Crippen MR) is 85.5 cm³/mol. The van der Waals surface area contributed by atoms with Gasteiger partial charge in [0.15, 0.2) is 0 Å². The highest BCUT2D eigenvalue weighted by Crippen LogP contribution is 2.40. The number of rotatable bonds is 5. The van der Waals surface area contributed by atoms with E-state index >= 15 is 0 Å². The highest BCUT2D eigenvalue weighted by Gasteiger charge is 2.48. The number of carbonyl (C=O) groups is 1. The zero-order valence-electron chi connectivity index (χ0n) is 12.6. The summed E-state index contributed by atoms with van der Waals surface area (Å²) in [4.78, 5) is 19.6. The number of hydrogen-bond acceptors (Lipinski definition) is 5. The standard InChI is InChI=1S/C16H16ClN3O3/c1-18-15(21)23-16(4-5-16)10-22-12-7-13(14(17)20-9-12)11-3-2-6-19-8-11/h2-3,6-9H,4-5,10H2,1H3,(H,18,21). The van der Waals surface area contributed by atoms with Crippen LogP contribution in [0.1, 0.15) is 12.8 Å². The predicted octanol–water partition coefficient (Wildman–Crippen LogP) is 3.06. The lowest BCUT2D eigenvalue weighted by Gasteiger charge is -2.17. The molecule has 1 fully saturated rings. The Bertz CT molecular complexity index is 705. The van der Waals surface area contributed by atoms with E-state index in [4.69, 9.17) is 21.1 Å². The number of aromatic nitrogens is 2. The molecule has 120 valence electrons. The van der Waals surface area contributed by atoms with Gasteiger partial charge >= 0.3 is 6.09 Å². The van der Waals surface area contributed by atoms with Crippen molar-refractivity contribution in [2.24, 2.45) is 0 Å². The van der Waals surface area contributed by atoms with Crippen molar-refractivity contribution in [3.63, 3.8) is 0 Å². The van der Waals surface area contributed by atoms with Crippen LogP contribution in [0.15, 0.2) is 36.8 Å². The van der Waals surface area contributed by atoms with Gasteiger partial charge in [0.1, 0.15) is 23.1 Å². The van der Waals surface area contributed by atoms with Gasteiger partial charge in [0.25, 0.3) is 0 Å². The maximum atomic E-state index is 11.3. The van der Waals surface area contributed by atoms with Crippen molar-refractivity contribution in [2.75, 3.05) is 13.7 Å². The number of hydrogen-bond donors (Lipinski definition) is 1. The molecule has 0 saturated heterocycles.